The monoisotopic (exact) mass is 185 g/mol. The number of aliphatic hydroxyl groups excluding tert-OH is 1. The number of nitrogens with one attached hydrogen (secondary N) is 1. The third-order valence-electron chi connectivity index (χ3n) is 2.92. The summed E-state index contributed by atoms with van der Waals surface area (Å²) in [6, 6.07) is 0. The van der Waals surface area contributed by atoms with Crippen LogP contribution in [-0.4, -0.2) is 35.9 Å². The van der Waals surface area contributed by atoms with Gasteiger partial charge in [-0.3, -0.25) is 4.79 Å². The Morgan fingerprint density at radius 2 is 2.46 bits per heavy atom. The van der Waals surface area contributed by atoms with Gasteiger partial charge >= 0.3 is 5.97 Å². The van der Waals surface area contributed by atoms with Crippen LogP contribution in [0.3, 0.4) is 0 Å². The van der Waals surface area contributed by atoms with Gasteiger partial charge in [-0.25, -0.2) is 0 Å². The minimum absolute atomic E-state index is 0.172. The van der Waals surface area contributed by atoms with E-state index in [9.17, 15) is 9.90 Å². The van der Waals surface area contributed by atoms with E-state index >= 15 is 0 Å². The molecule has 2 N–H and O–H groups in total. The minimum atomic E-state index is -0.617. The zero-order chi connectivity index (χ0) is 9.31. The Morgan fingerprint density at radius 1 is 1.62 bits per heavy atom. The first-order chi connectivity index (χ1) is 6.23. The van der Waals surface area contributed by atoms with E-state index in [1.54, 1.807) is 0 Å². The molecule has 2 rings (SSSR count). The quantitative estimate of drug-likeness (QED) is 0.513. The lowest BCUT2D eigenvalue weighted by atomic mass is 9.84. The molecule has 0 amide bonds. The summed E-state index contributed by atoms with van der Waals surface area (Å²) in [6.45, 7) is 1.55. The van der Waals surface area contributed by atoms with Crippen molar-refractivity contribution < 1.29 is 14.6 Å². The van der Waals surface area contributed by atoms with Gasteiger partial charge in [-0.2, -0.15) is 0 Å². The average molecular weight is 185 g/mol. The predicted molar refractivity (Wildman–Crippen MR) is 46.2 cm³/mol. The first kappa shape index (κ1) is 8.97. The van der Waals surface area contributed by atoms with Crippen LogP contribution in [0.25, 0.3) is 0 Å². The summed E-state index contributed by atoms with van der Waals surface area (Å²) in [5.74, 6) is -0.172. The molecule has 0 aromatic heterocycles. The Bertz CT molecular complexity index is 211. The van der Waals surface area contributed by atoms with E-state index in [2.05, 4.69) is 5.32 Å². The van der Waals surface area contributed by atoms with Gasteiger partial charge in [0.15, 0.2) is 5.60 Å². The van der Waals surface area contributed by atoms with Crippen molar-refractivity contribution in [2.45, 2.75) is 37.4 Å². The number of carbonyl (C=O) groups is 1. The smallest absolute Gasteiger partial charge is 0.306 e. The fraction of sp³-hybridized carbons (Fsp3) is 0.889. The van der Waals surface area contributed by atoms with Crippen LogP contribution < -0.4 is 5.32 Å². The van der Waals surface area contributed by atoms with E-state index < -0.39 is 11.7 Å². The molecule has 2 aliphatic heterocycles. The molecule has 74 valence electrons. The highest BCUT2D eigenvalue weighted by Crippen LogP contribution is 2.31. The molecule has 2 heterocycles. The number of piperidine rings is 1. The third-order valence-corrected chi connectivity index (χ3v) is 2.92. The molecule has 1 spiro atoms. The lowest BCUT2D eigenvalue weighted by molar-refractivity contribution is -0.189. The molecule has 0 aromatic carbocycles. The number of rotatable bonds is 0. The van der Waals surface area contributed by atoms with Crippen LogP contribution in [0.2, 0.25) is 0 Å². The van der Waals surface area contributed by atoms with Crippen molar-refractivity contribution in [3.05, 3.63) is 0 Å². The van der Waals surface area contributed by atoms with E-state index in [0.29, 0.717) is 19.4 Å². The molecule has 2 fully saturated rings. The summed E-state index contributed by atoms with van der Waals surface area (Å²) < 4.78 is 5.28. The second kappa shape index (κ2) is 3.27. The number of aliphatic hydroxyl groups is 1. The molecular formula is C9H15NO3. The number of esters is 1. The fourth-order valence-corrected chi connectivity index (χ4v) is 2.14. The fourth-order valence-electron chi connectivity index (χ4n) is 2.14. The van der Waals surface area contributed by atoms with Gasteiger partial charge in [0.1, 0.15) is 0 Å². The number of ether oxygens (including phenoxy) is 1. The van der Waals surface area contributed by atoms with Crippen LogP contribution in [0.5, 0.6) is 0 Å². The highest BCUT2D eigenvalue weighted by Gasteiger charge is 2.45. The maximum absolute atomic E-state index is 11.1. The maximum atomic E-state index is 11.1. The Hall–Kier alpha value is -0.610. The Labute approximate surface area is 77.3 Å². The molecule has 2 saturated heterocycles. The molecule has 0 radical (unpaired) electrons. The van der Waals surface area contributed by atoms with Gasteiger partial charge in [-0.05, 0) is 25.8 Å². The van der Waals surface area contributed by atoms with Gasteiger partial charge in [-0.15, -0.1) is 0 Å². The zero-order valence-electron chi connectivity index (χ0n) is 7.58. The van der Waals surface area contributed by atoms with Crippen LogP contribution in [0, 0.1) is 0 Å². The molecule has 0 aromatic rings. The van der Waals surface area contributed by atoms with Crippen molar-refractivity contribution in [2.24, 2.45) is 0 Å². The third kappa shape index (κ3) is 1.56. The first-order valence-corrected chi connectivity index (χ1v) is 4.84. The predicted octanol–water partition coefficient (Wildman–Crippen LogP) is -0.194. The highest BCUT2D eigenvalue weighted by atomic mass is 16.6. The molecular weight excluding hydrogens is 170 g/mol. The van der Waals surface area contributed by atoms with Crippen LogP contribution in [0.1, 0.15) is 25.7 Å². The molecule has 4 heteroatoms. The molecule has 0 bridgehead atoms. The molecule has 4 nitrogen and oxygen atoms in total. The van der Waals surface area contributed by atoms with Gasteiger partial charge < -0.3 is 15.2 Å². The van der Waals surface area contributed by atoms with Crippen molar-refractivity contribution >= 4 is 5.97 Å². The molecule has 2 aliphatic rings. The lowest BCUT2D eigenvalue weighted by Gasteiger charge is -2.43. The van der Waals surface area contributed by atoms with Crippen molar-refractivity contribution in [3.63, 3.8) is 0 Å². The topological polar surface area (TPSA) is 58.6 Å². The Kier molecular flexibility index (Phi) is 2.26. The van der Waals surface area contributed by atoms with Crippen LogP contribution in [0.4, 0.5) is 0 Å². The standard InChI is InChI=1S/C9H15NO3/c11-7-2-3-8(12)13-9(7)4-1-5-10-6-9/h7,10-11H,1-6H2/t7-,9-/m1/s1. The number of carbonyl (C=O) groups excluding carboxylic acids is 1. The van der Waals surface area contributed by atoms with E-state index in [1.807, 2.05) is 0 Å². The van der Waals surface area contributed by atoms with Gasteiger partial charge in [-0.1, -0.05) is 0 Å². The average Bonchev–Trinajstić information content (AvgIpc) is 2.14. The van der Waals surface area contributed by atoms with Gasteiger partial charge in [0.05, 0.1) is 6.10 Å². The summed E-state index contributed by atoms with van der Waals surface area (Å²) >= 11 is 0. The van der Waals surface area contributed by atoms with Crippen molar-refractivity contribution in [3.8, 4) is 0 Å². The normalized spacial score (nSPS) is 40.4. The van der Waals surface area contributed by atoms with E-state index in [-0.39, 0.29) is 5.97 Å². The van der Waals surface area contributed by atoms with Crippen LogP contribution in [0.15, 0.2) is 0 Å². The summed E-state index contributed by atoms with van der Waals surface area (Å²) in [5.41, 5.74) is -0.617. The van der Waals surface area contributed by atoms with E-state index in [4.69, 9.17) is 4.74 Å². The number of hydrogen-bond donors (Lipinski definition) is 2. The van der Waals surface area contributed by atoms with Gasteiger partial charge in [0, 0.05) is 13.0 Å². The lowest BCUT2D eigenvalue weighted by Crippen LogP contribution is -2.58. The SMILES string of the molecule is O=C1CC[C@@H](O)[C@]2(CCCNC2)O1. The summed E-state index contributed by atoms with van der Waals surface area (Å²) in [5, 5.41) is 12.9. The summed E-state index contributed by atoms with van der Waals surface area (Å²) in [6.07, 6.45) is 2.15. The van der Waals surface area contributed by atoms with Gasteiger partial charge in [0.2, 0.25) is 0 Å². The summed E-state index contributed by atoms with van der Waals surface area (Å²) in [7, 11) is 0. The van der Waals surface area contributed by atoms with Crippen LogP contribution in [-0.2, 0) is 9.53 Å². The first-order valence-electron chi connectivity index (χ1n) is 4.84. The molecule has 2 atom stereocenters. The molecule has 0 aliphatic carbocycles. The number of hydrogen-bond acceptors (Lipinski definition) is 4. The Balaban J connectivity index is 2.11. The highest BCUT2D eigenvalue weighted by molar-refractivity contribution is 5.71. The second-order valence-corrected chi connectivity index (χ2v) is 3.87. The zero-order valence-corrected chi connectivity index (χ0v) is 7.58. The minimum Gasteiger partial charge on any atom is -0.455 e. The van der Waals surface area contributed by atoms with Crippen LogP contribution >= 0.6 is 0 Å². The van der Waals surface area contributed by atoms with E-state index in [1.165, 1.54) is 0 Å². The molecule has 0 saturated carbocycles. The Morgan fingerprint density at radius 3 is 3.15 bits per heavy atom. The van der Waals surface area contributed by atoms with Gasteiger partial charge in [0.25, 0.3) is 0 Å². The van der Waals surface area contributed by atoms with Crippen molar-refractivity contribution in [1.82, 2.24) is 5.32 Å². The molecule has 0 unspecified atom stereocenters. The largest absolute Gasteiger partial charge is 0.455 e. The maximum Gasteiger partial charge on any atom is 0.306 e. The van der Waals surface area contributed by atoms with E-state index in [0.717, 1.165) is 19.4 Å². The van der Waals surface area contributed by atoms with Crippen molar-refractivity contribution in [1.29, 1.82) is 0 Å². The second-order valence-electron chi connectivity index (χ2n) is 3.87. The van der Waals surface area contributed by atoms with Crippen molar-refractivity contribution in [2.75, 3.05) is 13.1 Å². The molecule has 13 heavy (non-hydrogen) atoms. The summed E-state index contributed by atoms with van der Waals surface area (Å²) in [4.78, 5) is 11.1.